The molecular formula is C9H7BrN2O3. The molecule has 0 unspecified atom stereocenters. The Morgan fingerprint density at radius 2 is 2.33 bits per heavy atom. The molecule has 5 nitrogen and oxygen atoms in total. The molecule has 15 heavy (non-hydrogen) atoms. The lowest BCUT2D eigenvalue weighted by atomic mass is 10.1. The van der Waals surface area contributed by atoms with E-state index in [-0.39, 0.29) is 11.3 Å². The summed E-state index contributed by atoms with van der Waals surface area (Å²) in [5.74, 6) is 0.401. The summed E-state index contributed by atoms with van der Waals surface area (Å²) in [6.45, 7) is 0. The summed E-state index contributed by atoms with van der Waals surface area (Å²) >= 11 is 3.21. The molecule has 0 spiro atoms. The minimum absolute atomic E-state index is 0.0373. The first-order chi connectivity index (χ1) is 7.13. The quantitative estimate of drug-likeness (QED) is 0.480. The van der Waals surface area contributed by atoms with Gasteiger partial charge >= 0.3 is 0 Å². The van der Waals surface area contributed by atoms with Crippen LogP contribution in [0.25, 0.3) is 0 Å². The average Bonchev–Trinajstić information content (AvgIpc) is 2.26. The average molecular weight is 271 g/mol. The molecule has 1 aromatic rings. The van der Waals surface area contributed by atoms with Gasteiger partial charge < -0.3 is 4.74 Å². The minimum Gasteiger partial charge on any atom is -0.496 e. The Morgan fingerprint density at radius 1 is 1.67 bits per heavy atom. The third-order valence-electron chi connectivity index (χ3n) is 1.86. The Hall–Kier alpha value is -1.61. The maximum absolute atomic E-state index is 10.6. The Labute approximate surface area is 94.6 Å². The Kier molecular flexibility index (Phi) is 3.63. The normalized spacial score (nSPS) is 9.40. The number of nitrogens with zero attached hydrogens (tertiary/aromatic N) is 2. The number of halogens is 1. The van der Waals surface area contributed by atoms with Crippen LogP contribution in [0.3, 0.4) is 0 Å². The van der Waals surface area contributed by atoms with Crippen LogP contribution in [0, 0.1) is 21.4 Å². The second kappa shape index (κ2) is 4.75. The highest BCUT2D eigenvalue weighted by atomic mass is 79.9. The number of nitro groups is 1. The first-order valence-corrected chi connectivity index (χ1v) is 5.07. The highest BCUT2D eigenvalue weighted by Crippen LogP contribution is 2.29. The van der Waals surface area contributed by atoms with Gasteiger partial charge in [-0.2, -0.15) is 5.26 Å². The fourth-order valence-corrected chi connectivity index (χ4v) is 1.59. The van der Waals surface area contributed by atoms with Gasteiger partial charge in [-0.15, -0.1) is 0 Å². The smallest absolute Gasteiger partial charge is 0.290 e. The van der Waals surface area contributed by atoms with E-state index >= 15 is 0 Å². The first-order valence-electron chi connectivity index (χ1n) is 3.95. The number of hydrogen-bond donors (Lipinski definition) is 0. The third kappa shape index (κ3) is 2.25. The zero-order valence-corrected chi connectivity index (χ0v) is 9.44. The molecule has 0 saturated carbocycles. The van der Waals surface area contributed by atoms with Gasteiger partial charge in [0.15, 0.2) is 0 Å². The van der Waals surface area contributed by atoms with Gasteiger partial charge in [-0.05, 0) is 6.07 Å². The van der Waals surface area contributed by atoms with Crippen molar-refractivity contribution in [1.82, 2.24) is 0 Å². The zero-order chi connectivity index (χ0) is 11.4. The number of rotatable bonds is 3. The Morgan fingerprint density at radius 3 is 2.73 bits per heavy atom. The molecule has 0 aliphatic heterocycles. The molecule has 78 valence electrons. The van der Waals surface area contributed by atoms with Crippen LogP contribution in [0.5, 0.6) is 5.75 Å². The van der Waals surface area contributed by atoms with Gasteiger partial charge in [0.05, 0.1) is 18.1 Å². The van der Waals surface area contributed by atoms with Gasteiger partial charge in [0.2, 0.25) is 0 Å². The van der Waals surface area contributed by atoms with Crippen molar-refractivity contribution in [3.05, 3.63) is 33.4 Å². The summed E-state index contributed by atoms with van der Waals surface area (Å²) in [4.78, 5) is 10.0. The number of alkyl halides is 1. The fourth-order valence-electron chi connectivity index (χ4n) is 1.15. The summed E-state index contributed by atoms with van der Waals surface area (Å²) in [7, 11) is 1.43. The summed E-state index contributed by atoms with van der Waals surface area (Å²) < 4.78 is 4.98. The molecule has 0 aromatic heterocycles. The van der Waals surface area contributed by atoms with Gasteiger partial charge in [-0.25, -0.2) is 0 Å². The molecule has 0 bridgehead atoms. The summed E-state index contributed by atoms with van der Waals surface area (Å²) in [6, 6.07) is 4.49. The van der Waals surface area contributed by atoms with E-state index in [9.17, 15) is 10.1 Å². The van der Waals surface area contributed by atoms with E-state index in [1.54, 1.807) is 6.07 Å². The third-order valence-corrected chi connectivity index (χ3v) is 2.46. The molecule has 1 aromatic carbocycles. The summed E-state index contributed by atoms with van der Waals surface area (Å²) in [5.41, 5.74) is 0.508. The van der Waals surface area contributed by atoms with Gasteiger partial charge in [0.25, 0.3) is 5.69 Å². The summed E-state index contributed by atoms with van der Waals surface area (Å²) in [6.07, 6.45) is 0. The van der Waals surface area contributed by atoms with Crippen molar-refractivity contribution in [2.45, 2.75) is 5.33 Å². The van der Waals surface area contributed by atoms with Crippen LogP contribution in [-0.2, 0) is 5.33 Å². The molecule has 0 fully saturated rings. The van der Waals surface area contributed by atoms with E-state index < -0.39 is 4.92 Å². The predicted octanol–water partition coefficient (Wildman–Crippen LogP) is 2.37. The van der Waals surface area contributed by atoms with E-state index in [2.05, 4.69) is 15.9 Å². The number of nitro benzene ring substituents is 1. The summed E-state index contributed by atoms with van der Waals surface area (Å²) in [5, 5.41) is 19.9. The molecule has 0 N–H and O–H groups in total. The molecule has 0 heterocycles. The van der Waals surface area contributed by atoms with Gasteiger partial charge in [-0.1, -0.05) is 15.9 Å². The number of hydrogen-bond acceptors (Lipinski definition) is 4. The van der Waals surface area contributed by atoms with E-state index in [0.29, 0.717) is 16.6 Å². The second-order valence-electron chi connectivity index (χ2n) is 2.68. The molecule has 0 saturated heterocycles. The van der Waals surface area contributed by atoms with Crippen LogP contribution in [0.15, 0.2) is 12.1 Å². The van der Waals surface area contributed by atoms with Crippen LogP contribution in [0.4, 0.5) is 5.69 Å². The molecular weight excluding hydrogens is 264 g/mol. The number of benzene rings is 1. The van der Waals surface area contributed by atoms with Crippen LogP contribution < -0.4 is 4.74 Å². The van der Waals surface area contributed by atoms with Crippen molar-refractivity contribution in [3.8, 4) is 11.8 Å². The lowest BCUT2D eigenvalue weighted by molar-refractivity contribution is -0.385. The molecule has 0 atom stereocenters. The highest BCUT2D eigenvalue weighted by molar-refractivity contribution is 9.08. The zero-order valence-electron chi connectivity index (χ0n) is 7.86. The minimum atomic E-state index is -0.598. The van der Waals surface area contributed by atoms with Gasteiger partial charge in [0.1, 0.15) is 17.4 Å². The molecule has 0 aliphatic rings. The SMILES string of the molecule is COc1cc([N+](=O)[O-])c(C#N)cc1CBr. The van der Waals surface area contributed by atoms with Crippen molar-refractivity contribution >= 4 is 21.6 Å². The molecule has 6 heteroatoms. The molecule has 0 radical (unpaired) electrons. The van der Waals surface area contributed by atoms with Crippen LogP contribution in [0.1, 0.15) is 11.1 Å². The molecule has 1 rings (SSSR count). The van der Waals surface area contributed by atoms with E-state index in [1.165, 1.54) is 19.2 Å². The maximum atomic E-state index is 10.6. The maximum Gasteiger partial charge on any atom is 0.290 e. The van der Waals surface area contributed by atoms with E-state index in [0.717, 1.165) is 0 Å². The van der Waals surface area contributed by atoms with E-state index in [1.807, 2.05) is 0 Å². The van der Waals surface area contributed by atoms with Crippen molar-refractivity contribution < 1.29 is 9.66 Å². The monoisotopic (exact) mass is 270 g/mol. The van der Waals surface area contributed by atoms with Gasteiger partial charge in [0, 0.05) is 10.9 Å². The van der Waals surface area contributed by atoms with E-state index in [4.69, 9.17) is 10.00 Å². The fraction of sp³-hybridized carbons (Fsp3) is 0.222. The van der Waals surface area contributed by atoms with Crippen LogP contribution in [-0.4, -0.2) is 12.0 Å². The lowest BCUT2D eigenvalue weighted by Crippen LogP contribution is -1.97. The first kappa shape index (κ1) is 11.5. The Bertz CT molecular complexity index is 440. The Balaban J connectivity index is 3.42. The number of nitriles is 1. The predicted molar refractivity (Wildman–Crippen MR) is 57.0 cm³/mol. The standard InChI is InChI=1S/C9H7BrN2O3/c1-15-9-3-8(12(13)14)7(5-11)2-6(9)4-10/h2-3H,4H2,1H3. The van der Waals surface area contributed by atoms with Crippen molar-refractivity contribution in [2.24, 2.45) is 0 Å². The lowest BCUT2D eigenvalue weighted by Gasteiger charge is -2.06. The second-order valence-corrected chi connectivity index (χ2v) is 3.24. The number of methoxy groups -OCH3 is 1. The largest absolute Gasteiger partial charge is 0.496 e. The van der Waals surface area contributed by atoms with Crippen molar-refractivity contribution in [3.63, 3.8) is 0 Å². The number of ether oxygens (including phenoxy) is 1. The van der Waals surface area contributed by atoms with Crippen LogP contribution >= 0.6 is 15.9 Å². The van der Waals surface area contributed by atoms with Crippen LogP contribution in [0.2, 0.25) is 0 Å². The van der Waals surface area contributed by atoms with Gasteiger partial charge in [-0.3, -0.25) is 10.1 Å². The van der Waals surface area contributed by atoms with Crippen molar-refractivity contribution in [1.29, 1.82) is 5.26 Å². The highest BCUT2D eigenvalue weighted by Gasteiger charge is 2.17. The molecule has 0 aliphatic carbocycles. The van der Waals surface area contributed by atoms with Crippen molar-refractivity contribution in [2.75, 3.05) is 7.11 Å². The molecule has 0 amide bonds. The topological polar surface area (TPSA) is 76.2 Å².